The van der Waals surface area contributed by atoms with Crippen molar-refractivity contribution >= 4 is 28.3 Å². The number of halogens is 2. The van der Waals surface area contributed by atoms with E-state index in [1.54, 1.807) is 0 Å². The topological polar surface area (TPSA) is 38.0 Å². The van der Waals surface area contributed by atoms with Crippen LogP contribution in [0.4, 0.5) is 0 Å². The first-order chi connectivity index (χ1) is 5.24. The fraction of sp³-hybridized carbons (Fsp3) is 0.250. The largest absolute Gasteiger partial charge is 0.271 e. The zero-order valence-corrected chi connectivity index (χ0v) is 9.15. The number of nitrogens with one attached hydrogen (secondary N) is 1. The van der Waals surface area contributed by atoms with E-state index in [1.807, 2.05) is 31.2 Å². The predicted octanol–water partition coefficient (Wildman–Crippen LogP) is 2.40. The van der Waals surface area contributed by atoms with Crippen molar-refractivity contribution in [3.05, 3.63) is 34.3 Å². The number of nitrogens with two attached hydrogens (primary N) is 1. The average molecular weight is 252 g/mol. The van der Waals surface area contributed by atoms with Crippen molar-refractivity contribution in [2.24, 2.45) is 5.84 Å². The number of benzene rings is 1. The fourth-order valence-electron chi connectivity index (χ4n) is 0.848. The van der Waals surface area contributed by atoms with Crippen LogP contribution in [0.1, 0.15) is 18.5 Å². The highest BCUT2D eigenvalue weighted by atomic mass is 79.9. The van der Waals surface area contributed by atoms with Gasteiger partial charge < -0.3 is 0 Å². The Morgan fingerprint density at radius 3 is 2.25 bits per heavy atom. The molecule has 3 N–H and O–H groups in total. The van der Waals surface area contributed by atoms with Gasteiger partial charge in [0.15, 0.2) is 0 Å². The van der Waals surface area contributed by atoms with Crippen LogP contribution in [0.25, 0.3) is 0 Å². The molecular formula is C8H12BrClN2. The molecule has 1 rings (SSSR count). The van der Waals surface area contributed by atoms with E-state index in [-0.39, 0.29) is 18.4 Å². The third-order valence-electron chi connectivity index (χ3n) is 1.62. The van der Waals surface area contributed by atoms with Gasteiger partial charge in [-0.3, -0.25) is 11.3 Å². The molecule has 0 spiro atoms. The summed E-state index contributed by atoms with van der Waals surface area (Å²) in [7, 11) is 0. The molecule has 0 aliphatic carbocycles. The van der Waals surface area contributed by atoms with Crippen molar-refractivity contribution in [2.75, 3.05) is 0 Å². The van der Waals surface area contributed by atoms with Crippen LogP contribution in [-0.2, 0) is 0 Å². The quantitative estimate of drug-likeness (QED) is 0.626. The van der Waals surface area contributed by atoms with E-state index < -0.39 is 0 Å². The van der Waals surface area contributed by atoms with Gasteiger partial charge in [0, 0.05) is 10.5 Å². The second-order valence-corrected chi connectivity index (χ2v) is 3.36. The smallest absolute Gasteiger partial charge is 0.0431 e. The molecule has 0 aliphatic heterocycles. The lowest BCUT2D eigenvalue weighted by molar-refractivity contribution is 0.602. The van der Waals surface area contributed by atoms with Gasteiger partial charge in [-0.15, -0.1) is 12.4 Å². The Labute approximate surface area is 87.0 Å². The molecule has 0 bridgehead atoms. The van der Waals surface area contributed by atoms with E-state index >= 15 is 0 Å². The summed E-state index contributed by atoms with van der Waals surface area (Å²) in [4.78, 5) is 0. The average Bonchev–Trinajstić information content (AvgIpc) is 2.05. The summed E-state index contributed by atoms with van der Waals surface area (Å²) in [5, 5.41) is 0. The molecule has 1 unspecified atom stereocenters. The molecule has 0 aromatic heterocycles. The Bertz CT molecular complexity index is 225. The Hall–Kier alpha value is -0.0900. The number of hydrogen-bond acceptors (Lipinski definition) is 2. The van der Waals surface area contributed by atoms with E-state index in [2.05, 4.69) is 21.4 Å². The van der Waals surface area contributed by atoms with E-state index in [0.29, 0.717) is 0 Å². The molecule has 0 radical (unpaired) electrons. The van der Waals surface area contributed by atoms with Crippen molar-refractivity contribution in [2.45, 2.75) is 13.0 Å². The molecule has 68 valence electrons. The molecule has 1 aromatic rings. The maximum atomic E-state index is 5.28. The van der Waals surface area contributed by atoms with Crippen LogP contribution in [0.5, 0.6) is 0 Å². The second-order valence-electron chi connectivity index (χ2n) is 2.44. The minimum atomic E-state index is 0. The zero-order chi connectivity index (χ0) is 8.27. The lowest BCUT2D eigenvalue weighted by Gasteiger charge is -2.09. The minimum absolute atomic E-state index is 0. The lowest BCUT2D eigenvalue weighted by atomic mass is 10.1. The lowest BCUT2D eigenvalue weighted by Crippen LogP contribution is -2.25. The summed E-state index contributed by atoms with van der Waals surface area (Å²) >= 11 is 3.36. The van der Waals surface area contributed by atoms with Crippen LogP contribution in [0.15, 0.2) is 28.7 Å². The van der Waals surface area contributed by atoms with Gasteiger partial charge in [-0.25, -0.2) is 0 Å². The van der Waals surface area contributed by atoms with Crippen LogP contribution in [-0.4, -0.2) is 0 Å². The van der Waals surface area contributed by atoms with Crippen LogP contribution >= 0.6 is 28.3 Å². The van der Waals surface area contributed by atoms with Crippen molar-refractivity contribution in [3.8, 4) is 0 Å². The standard InChI is InChI=1S/C8H11BrN2.ClH/c1-6(11-10)7-2-4-8(9)5-3-7;/h2-6,11H,10H2,1H3;1H. The molecule has 0 heterocycles. The second kappa shape index (κ2) is 5.54. The Morgan fingerprint density at radius 1 is 1.33 bits per heavy atom. The van der Waals surface area contributed by atoms with Gasteiger partial charge in [-0.1, -0.05) is 28.1 Å². The van der Waals surface area contributed by atoms with Crippen LogP contribution in [0.3, 0.4) is 0 Å². The summed E-state index contributed by atoms with van der Waals surface area (Å²) < 4.78 is 1.09. The third-order valence-corrected chi connectivity index (χ3v) is 2.15. The number of hydrazine groups is 1. The van der Waals surface area contributed by atoms with Gasteiger partial charge in [0.25, 0.3) is 0 Å². The molecule has 0 saturated carbocycles. The first-order valence-electron chi connectivity index (χ1n) is 3.45. The minimum Gasteiger partial charge on any atom is -0.271 e. The van der Waals surface area contributed by atoms with Gasteiger partial charge in [-0.05, 0) is 24.6 Å². The maximum absolute atomic E-state index is 5.28. The first kappa shape index (κ1) is 11.9. The van der Waals surface area contributed by atoms with Crippen LogP contribution < -0.4 is 11.3 Å². The van der Waals surface area contributed by atoms with Gasteiger partial charge in [0.1, 0.15) is 0 Å². The highest BCUT2D eigenvalue weighted by Gasteiger charge is 2.00. The SMILES string of the molecule is CC(NN)c1ccc(Br)cc1.Cl. The summed E-state index contributed by atoms with van der Waals surface area (Å²) in [6.07, 6.45) is 0. The van der Waals surface area contributed by atoms with Gasteiger partial charge in [-0.2, -0.15) is 0 Å². The monoisotopic (exact) mass is 250 g/mol. The van der Waals surface area contributed by atoms with Crippen molar-refractivity contribution < 1.29 is 0 Å². The first-order valence-corrected chi connectivity index (χ1v) is 4.25. The Morgan fingerprint density at radius 2 is 1.83 bits per heavy atom. The molecule has 0 saturated heterocycles. The van der Waals surface area contributed by atoms with Gasteiger partial charge in [0.2, 0.25) is 0 Å². The van der Waals surface area contributed by atoms with Crippen LogP contribution in [0, 0.1) is 0 Å². The van der Waals surface area contributed by atoms with E-state index in [9.17, 15) is 0 Å². The van der Waals surface area contributed by atoms with E-state index in [4.69, 9.17) is 5.84 Å². The van der Waals surface area contributed by atoms with Crippen molar-refractivity contribution in [1.29, 1.82) is 0 Å². The molecule has 0 amide bonds. The highest BCUT2D eigenvalue weighted by molar-refractivity contribution is 9.10. The predicted molar refractivity (Wildman–Crippen MR) is 57.1 cm³/mol. The van der Waals surface area contributed by atoms with Crippen LogP contribution in [0.2, 0.25) is 0 Å². The molecular weight excluding hydrogens is 239 g/mol. The molecule has 1 aromatic carbocycles. The highest BCUT2D eigenvalue weighted by Crippen LogP contribution is 2.15. The molecule has 2 nitrogen and oxygen atoms in total. The van der Waals surface area contributed by atoms with E-state index in [1.165, 1.54) is 5.56 Å². The van der Waals surface area contributed by atoms with Crippen molar-refractivity contribution in [1.82, 2.24) is 5.43 Å². The van der Waals surface area contributed by atoms with Gasteiger partial charge >= 0.3 is 0 Å². The normalized spacial score (nSPS) is 11.9. The molecule has 4 heteroatoms. The summed E-state index contributed by atoms with van der Waals surface area (Å²) in [6, 6.07) is 8.29. The summed E-state index contributed by atoms with van der Waals surface area (Å²) in [6.45, 7) is 2.02. The third kappa shape index (κ3) is 3.11. The molecule has 0 aliphatic rings. The van der Waals surface area contributed by atoms with E-state index in [0.717, 1.165) is 4.47 Å². The Balaban J connectivity index is 0.00000121. The number of hydrogen-bond donors (Lipinski definition) is 2. The fourth-order valence-corrected chi connectivity index (χ4v) is 1.11. The molecule has 1 atom stereocenters. The van der Waals surface area contributed by atoms with Gasteiger partial charge in [0.05, 0.1) is 0 Å². The summed E-state index contributed by atoms with van der Waals surface area (Å²) in [5.41, 5.74) is 3.88. The molecule has 12 heavy (non-hydrogen) atoms. The molecule has 0 fully saturated rings. The van der Waals surface area contributed by atoms with Crippen molar-refractivity contribution in [3.63, 3.8) is 0 Å². The summed E-state index contributed by atoms with van der Waals surface area (Å²) in [5.74, 6) is 5.28. The maximum Gasteiger partial charge on any atom is 0.0431 e. The Kier molecular flexibility index (Phi) is 5.50. The zero-order valence-electron chi connectivity index (χ0n) is 6.75. The number of rotatable bonds is 2.